The van der Waals surface area contributed by atoms with E-state index in [2.05, 4.69) is 36.5 Å². The molecule has 0 aliphatic heterocycles. The van der Waals surface area contributed by atoms with Crippen LogP contribution in [-0.4, -0.2) is 0 Å². The van der Waals surface area contributed by atoms with Gasteiger partial charge in [0.05, 0.1) is 12.8 Å². The topological polar surface area (TPSA) is 0 Å². The SMILES string of the molecule is C#CCC#CCC#CCCCCC. The van der Waals surface area contributed by atoms with Crippen molar-refractivity contribution in [1.29, 1.82) is 0 Å². The first kappa shape index (κ1) is 11.7. The summed E-state index contributed by atoms with van der Waals surface area (Å²) in [6, 6.07) is 0. The van der Waals surface area contributed by atoms with Crippen molar-refractivity contribution in [2.75, 3.05) is 0 Å². The second kappa shape index (κ2) is 10.7. The van der Waals surface area contributed by atoms with Crippen molar-refractivity contribution in [3.05, 3.63) is 0 Å². The summed E-state index contributed by atoms with van der Waals surface area (Å²) in [6.07, 6.45) is 11.0. The Labute approximate surface area is 82.1 Å². The molecule has 0 spiro atoms. The minimum absolute atomic E-state index is 0.539. The van der Waals surface area contributed by atoms with Gasteiger partial charge in [0.15, 0.2) is 0 Å². The van der Waals surface area contributed by atoms with Crippen molar-refractivity contribution >= 4 is 0 Å². The van der Waals surface area contributed by atoms with Gasteiger partial charge in [-0.1, -0.05) is 43.4 Å². The van der Waals surface area contributed by atoms with Crippen molar-refractivity contribution in [3.63, 3.8) is 0 Å². The van der Waals surface area contributed by atoms with Crippen LogP contribution >= 0.6 is 0 Å². The molecule has 0 bridgehead atoms. The lowest BCUT2D eigenvalue weighted by Gasteiger charge is -1.87. The standard InChI is InChI=1S/C13H16/c1-3-5-7-9-11-13-12-10-8-6-4-2/h1H,4-6,8,10-11H2,2H3. The molecule has 0 amide bonds. The van der Waals surface area contributed by atoms with Crippen molar-refractivity contribution in [3.8, 4) is 36.0 Å². The van der Waals surface area contributed by atoms with Crippen LogP contribution in [0.15, 0.2) is 0 Å². The molecule has 0 radical (unpaired) electrons. The molecule has 0 aromatic carbocycles. The van der Waals surface area contributed by atoms with Crippen molar-refractivity contribution < 1.29 is 0 Å². The average molecular weight is 172 g/mol. The molecule has 0 aliphatic rings. The third-order valence-corrected chi connectivity index (χ3v) is 1.52. The van der Waals surface area contributed by atoms with Gasteiger partial charge in [0.2, 0.25) is 0 Å². The van der Waals surface area contributed by atoms with E-state index in [1.165, 1.54) is 19.3 Å². The molecule has 0 aromatic heterocycles. The summed E-state index contributed by atoms with van der Waals surface area (Å²) in [5.74, 6) is 14.3. The quantitative estimate of drug-likeness (QED) is 0.453. The fraction of sp³-hybridized carbons (Fsp3) is 0.538. The van der Waals surface area contributed by atoms with Crippen LogP contribution in [-0.2, 0) is 0 Å². The predicted molar refractivity (Wildman–Crippen MR) is 57.8 cm³/mol. The number of hydrogen-bond acceptors (Lipinski definition) is 0. The molecule has 13 heavy (non-hydrogen) atoms. The minimum atomic E-state index is 0.539. The van der Waals surface area contributed by atoms with E-state index >= 15 is 0 Å². The Hall–Kier alpha value is -1.32. The van der Waals surface area contributed by atoms with Crippen LogP contribution < -0.4 is 0 Å². The van der Waals surface area contributed by atoms with Gasteiger partial charge in [0, 0.05) is 6.42 Å². The van der Waals surface area contributed by atoms with Gasteiger partial charge in [0.25, 0.3) is 0 Å². The molecule has 0 nitrogen and oxygen atoms in total. The summed E-state index contributed by atoms with van der Waals surface area (Å²) in [5.41, 5.74) is 0. The molecule has 0 N–H and O–H groups in total. The summed E-state index contributed by atoms with van der Waals surface area (Å²) in [7, 11) is 0. The van der Waals surface area contributed by atoms with Crippen LogP contribution in [0.25, 0.3) is 0 Å². The Kier molecular flexibility index (Phi) is 9.60. The van der Waals surface area contributed by atoms with Gasteiger partial charge in [-0.3, -0.25) is 0 Å². The van der Waals surface area contributed by atoms with Gasteiger partial charge in [-0.05, 0) is 6.42 Å². The Morgan fingerprint density at radius 1 is 0.923 bits per heavy atom. The second-order valence-electron chi connectivity index (χ2n) is 2.72. The zero-order chi connectivity index (χ0) is 9.78. The maximum Gasteiger partial charge on any atom is 0.0702 e. The fourth-order valence-corrected chi connectivity index (χ4v) is 0.835. The first-order chi connectivity index (χ1) is 6.41. The van der Waals surface area contributed by atoms with E-state index in [1.807, 2.05) is 0 Å². The molecule has 0 aromatic rings. The summed E-state index contributed by atoms with van der Waals surface area (Å²) < 4.78 is 0. The highest BCUT2D eigenvalue weighted by Crippen LogP contribution is 1.96. The van der Waals surface area contributed by atoms with Crippen molar-refractivity contribution in [2.45, 2.75) is 45.4 Å². The molecule has 0 unspecified atom stereocenters. The van der Waals surface area contributed by atoms with E-state index in [0.717, 1.165) is 6.42 Å². The van der Waals surface area contributed by atoms with Crippen LogP contribution in [0.3, 0.4) is 0 Å². The lowest BCUT2D eigenvalue weighted by molar-refractivity contribution is 0.737. The van der Waals surface area contributed by atoms with E-state index in [9.17, 15) is 0 Å². The van der Waals surface area contributed by atoms with E-state index in [1.54, 1.807) is 0 Å². The monoisotopic (exact) mass is 172 g/mol. The molecule has 0 aliphatic carbocycles. The first-order valence-electron chi connectivity index (χ1n) is 4.76. The van der Waals surface area contributed by atoms with Crippen molar-refractivity contribution in [2.24, 2.45) is 0 Å². The summed E-state index contributed by atoms with van der Waals surface area (Å²) in [4.78, 5) is 0. The third-order valence-electron chi connectivity index (χ3n) is 1.52. The minimum Gasteiger partial charge on any atom is -0.119 e. The zero-order valence-corrected chi connectivity index (χ0v) is 8.32. The van der Waals surface area contributed by atoms with Gasteiger partial charge < -0.3 is 0 Å². The number of unbranched alkanes of at least 4 members (excludes halogenated alkanes) is 3. The Bertz CT molecular complexity index is 256. The summed E-state index contributed by atoms with van der Waals surface area (Å²) in [6.45, 7) is 2.19. The molecule has 0 heterocycles. The summed E-state index contributed by atoms with van der Waals surface area (Å²) in [5, 5.41) is 0. The third kappa shape index (κ3) is 10.7. The molecule has 0 saturated heterocycles. The van der Waals surface area contributed by atoms with E-state index in [0.29, 0.717) is 12.8 Å². The highest BCUT2D eigenvalue weighted by Gasteiger charge is 1.79. The molecule has 0 fully saturated rings. The zero-order valence-electron chi connectivity index (χ0n) is 8.32. The number of terminal acetylenes is 1. The second-order valence-corrected chi connectivity index (χ2v) is 2.72. The maximum atomic E-state index is 5.04. The van der Waals surface area contributed by atoms with E-state index in [4.69, 9.17) is 6.42 Å². The van der Waals surface area contributed by atoms with Crippen LogP contribution in [0.4, 0.5) is 0 Å². The van der Waals surface area contributed by atoms with Gasteiger partial charge in [-0.25, -0.2) is 0 Å². The number of hydrogen-bond donors (Lipinski definition) is 0. The number of rotatable bonds is 3. The molecular weight excluding hydrogens is 156 g/mol. The maximum absolute atomic E-state index is 5.04. The largest absolute Gasteiger partial charge is 0.119 e. The van der Waals surface area contributed by atoms with E-state index in [-0.39, 0.29) is 0 Å². The molecule has 0 heteroatoms. The lowest BCUT2D eigenvalue weighted by atomic mass is 10.2. The predicted octanol–water partition coefficient (Wildman–Crippen LogP) is 2.99. The average Bonchev–Trinajstić information content (AvgIpc) is 2.16. The van der Waals surface area contributed by atoms with Crippen molar-refractivity contribution in [1.82, 2.24) is 0 Å². The molecule has 0 atom stereocenters. The van der Waals surface area contributed by atoms with Gasteiger partial charge in [0.1, 0.15) is 0 Å². The van der Waals surface area contributed by atoms with E-state index < -0.39 is 0 Å². The molecule has 0 saturated carbocycles. The Balaban J connectivity index is 3.32. The van der Waals surface area contributed by atoms with Crippen LogP contribution in [0.2, 0.25) is 0 Å². The fourth-order valence-electron chi connectivity index (χ4n) is 0.835. The molecular formula is C13H16. The van der Waals surface area contributed by atoms with Crippen LogP contribution in [0.5, 0.6) is 0 Å². The highest BCUT2D eigenvalue weighted by molar-refractivity contribution is 5.14. The van der Waals surface area contributed by atoms with Gasteiger partial charge in [-0.15, -0.1) is 12.3 Å². The Morgan fingerprint density at radius 2 is 1.62 bits per heavy atom. The first-order valence-corrected chi connectivity index (χ1v) is 4.76. The van der Waals surface area contributed by atoms with Crippen LogP contribution in [0, 0.1) is 36.0 Å². The molecule has 68 valence electrons. The Morgan fingerprint density at radius 3 is 2.31 bits per heavy atom. The smallest absolute Gasteiger partial charge is 0.0702 e. The summed E-state index contributed by atoms with van der Waals surface area (Å²) >= 11 is 0. The van der Waals surface area contributed by atoms with Gasteiger partial charge in [-0.2, -0.15) is 0 Å². The normalized spacial score (nSPS) is 7.38. The molecule has 0 rings (SSSR count). The lowest BCUT2D eigenvalue weighted by Crippen LogP contribution is -1.71. The van der Waals surface area contributed by atoms with Crippen LogP contribution in [0.1, 0.15) is 45.4 Å². The van der Waals surface area contributed by atoms with Gasteiger partial charge >= 0.3 is 0 Å². The highest BCUT2D eigenvalue weighted by atomic mass is 13.8.